The van der Waals surface area contributed by atoms with Gasteiger partial charge < -0.3 is 0 Å². The number of hydrogen-bond acceptors (Lipinski definition) is 0. The fourth-order valence-electron chi connectivity index (χ4n) is 0.929. The summed E-state index contributed by atoms with van der Waals surface area (Å²) in [5.41, 5.74) is 1.61. The van der Waals surface area contributed by atoms with Crippen LogP contribution in [0.3, 0.4) is 0 Å². The van der Waals surface area contributed by atoms with Crippen molar-refractivity contribution in [1.29, 1.82) is 0 Å². The molecular formula is C9H18. The van der Waals surface area contributed by atoms with Gasteiger partial charge in [0.15, 0.2) is 0 Å². The van der Waals surface area contributed by atoms with Crippen LogP contribution in [0.15, 0.2) is 11.6 Å². The summed E-state index contributed by atoms with van der Waals surface area (Å²) in [5, 5.41) is 0. The van der Waals surface area contributed by atoms with Crippen LogP contribution in [0.1, 0.15) is 46.5 Å². The number of hydrogen-bond donors (Lipinski definition) is 0. The monoisotopic (exact) mass is 126 g/mol. The molecule has 9 heavy (non-hydrogen) atoms. The highest BCUT2D eigenvalue weighted by molar-refractivity contribution is 4.98. The number of rotatable bonds is 4. The fourth-order valence-corrected chi connectivity index (χ4v) is 0.929. The molecule has 0 rings (SSSR count). The Labute approximate surface area is 59.0 Å². The van der Waals surface area contributed by atoms with Crippen LogP contribution in [0.4, 0.5) is 0 Å². The van der Waals surface area contributed by atoms with Crippen molar-refractivity contribution in [3.63, 3.8) is 0 Å². The first-order valence-corrected chi connectivity index (χ1v) is 3.99. The van der Waals surface area contributed by atoms with E-state index in [9.17, 15) is 0 Å². The predicted molar refractivity (Wildman–Crippen MR) is 43.6 cm³/mol. The minimum Gasteiger partial charge on any atom is -0.0885 e. The van der Waals surface area contributed by atoms with Crippen LogP contribution in [0.25, 0.3) is 0 Å². The molecule has 0 fully saturated rings. The minimum atomic E-state index is 1.23. The van der Waals surface area contributed by atoms with Gasteiger partial charge in [-0.3, -0.25) is 0 Å². The Morgan fingerprint density at radius 1 is 1.33 bits per heavy atom. The van der Waals surface area contributed by atoms with E-state index >= 15 is 0 Å². The van der Waals surface area contributed by atoms with Crippen molar-refractivity contribution >= 4 is 0 Å². The summed E-state index contributed by atoms with van der Waals surface area (Å²) in [6, 6.07) is 0. The normalized spacial score (nSPS) is 12.1. The molecule has 0 aromatic carbocycles. The van der Waals surface area contributed by atoms with Gasteiger partial charge in [-0.1, -0.05) is 31.9 Å². The summed E-state index contributed by atoms with van der Waals surface area (Å²) >= 11 is 0. The van der Waals surface area contributed by atoms with Crippen LogP contribution in [-0.2, 0) is 0 Å². The molecule has 0 aliphatic rings. The van der Waals surface area contributed by atoms with Crippen molar-refractivity contribution in [2.45, 2.75) is 46.5 Å². The molecule has 0 spiro atoms. The molecule has 0 N–H and O–H groups in total. The molecule has 0 bridgehead atoms. The molecule has 0 aliphatic carbocycles. The van der Waals surface area contributed by atoms with Crippen molar-refractivity contribution in [1.82, 2.24) is 0 Å². The SMILES string of the molecule is CC=C(CC)CCCC. The summed E-state index contributed by atoms with van der Waals surface area (Å²) < 4.78 is 0. The zero-order chi connectivity index (χ0) is 7.11. The van der Waals surface area contributed by atoms with E-state index in [1.807, 2.05) is 0 Å². The Morgan fingerprint density at radius 2 is 2.00 bits per heavy atom. The van der Waals surface area contributed by atoms with E-state index in [2.05, 4.69) is 26.8 Å². The zero-order valence-corrected chi connectivity index (χ0v) is 6.91. The van der Waals surface area contributed by atoms with Gasteiger partial charge in [-0.05, 0) is 26.2 Å². The molecule has 0 unspecified atom stereocenters. The van der Waals surface area contributed by atoms with Crippen LogP contribution in [-0.4, -0.2) is 0 Å². The zero-order valence-electron chi connectivity index (χ0n) is 6.91. The average Bonchev–Trinajstić information content (AvgIpc) is 1.91. The smallest absolute Gasteiger partial charge is 0.0321 e. The van der Waals surface area contributed by atoms with Crippen molar-refractivity contribution in [3.8, 4) is 0 Å². The molecule has 0 amide bonds. The Balaban J connectivity index is 3.33. The topological polar surface area (TPSA) is 0 Å². The summed E-state index contributed by atoms with van der Waals surface area (Å²) in [6.45, 7) is 6.60. The van der Waals surface area contributed by atoms with Crippen LogP contribution in [0.2, 0.25) is 0 Å². The molecule has 54 valence electrons. The van der Waals surface area contributed by atoms with Crippen molar-refractivity contribution in [2.75, 3.05) is 0 Å². The largest absolute Gasteiger partial charge is 0.0885 e. The van der Waals surface area contributed by atoms with E-state index in [1.165, 1.54) is 25.7 Å². The summed E-state index contributed by atoms with van der Waals surface area (Å²) in [7, 11) is 0. The Kier molecular flexibility index (Phi) is 5.70. The van der Waals surface area contributed by atoms with Crippen LogP contribution >= 0.6 is 0 Å². The highest BCUT2D eigenvalue weighted by Gasteiger charge is 1.89. The fraction of sp³-hybridized carbons (Fsp3) is 0.778. The second kappa shape index (κ2) is 5.87. The van der Waals surface area contributed by atoms with Gasteiger partial charge >= 0.3 is 0 Å². The molecule has 0 radical (unpaired) electrons. The minimum absolute atomic E-state index is 1.23. The Hall–Kier alpha value is -0.260. The summed E-state index contributed by atoms with van der Waals surface area (Å²) in [4.78, 5) is 0. The lowest BCUT2D eigenvalue weighted by Crippen LogP contribution is -1.79. The molecule has 0 atom stereocenters. The van der Waals surface area contributed by atoms with E-state index in [1.54, 1.807) is 5.57 Å². The molecule has 0 heteroatoms. The first kappa shape index (κ1) is 8.74. The molecule has 0 aromatic rings. The van der Waals surface area contributed by atoms with E-state index in [0.29, 0.717) is 0 Å². The molecule has 0 aromatic heterocycles. The van der Waals surface area contributed by atoms with Crippen molar-refractivity contribution < 1.29 is 0 Å². The molecule has 0 nitrogen and oxygen atoms in total. The lowest BCUT2D eigenvalue weighted by atomic mass is 10.1. The highest BCUT2D eigenvalue weighted by atomic mass is 14.0. The third-order valence-electron chi connectivity index (χ3n) is 1.71. The summed E-state index contributed by atoms with van der Waals surface area (Å²) in [5.74, 6) is 0. The lowest BCUT2D eigenvalue weighted by Gasteiger charge is -1.99. The standard InChI is InChI=1S/C9H18/c1-4-7-8-9(5-2)6-3/h5H,4,6-8H2,1-3H3. The van der Waals surface area contributed by atoms with E-state index in [4.69, 9.17) is 0 Å². The molecule has 0 heterocycles. The molecular weight excluding hydrogens is 108 g/mol. The number of allylic oxidation sites excluding steroid dienone is 2. The van der Waals surface area contributed by atoms with Gasteiger partial charge in [-0.15, -0.1) is 0 Å². The van der Waals surface area contributed by atoms with E-state index < -0.39 is 0 Å². The second-order valence-electron chi connectivity index (χ2n) is 2.40. The van der Waals surface area contributed by atoms with Gasteiger partial charge in [0.05, 0.1) is 0 Å². The van der Waals surface area contributed by atoms with Crippen molar-refractivity contribution in [3.05, 3.63) is 11.6 Å². The molecule has 0 aliphatic heterocycles. The second-order valence-corrected chi connectivity index (χ2v) is 2.40. The van der Waals surface area contributed by atoms with Crippen LogP contribution in [0.5, 0.6) is 0 Å². The Bertz CT molecular complexity index is 80.0. The van der Waals surface area contributed by atoms with Gasteiger partial charge in [0.2, 0.25) is 0 Å². The van der Waals surface area contributed by atoms with Crippen molar-refractivity contribution in [2.24, 2.45) is 0 Å². The summed E-state index contributed by atoms with van der Waals surface area (Å²) in [6.07, 6.45) is 7.46. The quantitative estimate of drug-likeness (QED) is 0.505. The van der Waals surface area contributed by atoms with Gasteiger partial charge in [-0.25, -0.2) is 0 Å². The third kappa shape index (κ3) is 4.26. The maximum absolute atomic E-state index is 2.25. The Morgan fingerprint density at radius 3 is 2.33 bits per heavy atom. The third-order valence-corrected chi connectivity index (χ3v) is 1.71. The van der Waals surface area contributed by atoms with Crippen LogP contribution < -0.4 is 0 Å². The number of unbranched alkanes of at least 4 members (excludes halogenated alkanes) is 1. The molecule has 0 saturated carbocycles. The van der Waals surface area contributed by atoms with E-state index in [0.717, 1.165) is 0 Å². The van der Waals surface area contributed by atoms with Gasteiger partial charge in [0.1, 0.15) is 0 Å². The maximum atomic E-state index is 2.25. The lowest BCUT2D eigenvalue weighted by molar-refractivity contribution is 0.765. The van der Waals surface area contributed by atoms with E-state index in [-0.39, 0.29) is 0 Å². The average molecular weight is 126 g/mol. The first-order valence-electron chi connectivity index (χ1n) is 3.99. The first-order chi connectivity index (χ1) is 4.35. The van der Waals surface area contributed by atoms with Gasteiger partial charge in [0, 0.05) is 0 Å². The predicted octanol–water partition coefficient (Wildman–Crippen LogP) is 3.53. The maximum Gasteiger partial charge on any atom is -0.0321 e. The van der Waals surface area contributed by atoms with Gasteiger partial charge in [0.25, 0.3) is 0 Å². The highest BCUT2D eigenvalue weighted by Crippen LogP contribution is 2.09. The van der Waals surface area contributed by atoms with Gasteiger partial charge in [-0.2, -0.15) is 0 Å². The van der Waals surface area contributed by atoms with Crippen LogP contribution in [0, 0.1) is 0 Å². The molecule has 0 saturated heterocycles.